The van der Waals surface area contributed by atoms with Crippen molar-refractivity contribution in [3.8, 4) is 11.5 Å². The van der Waals surface area contributed by atoms with E-state index in [-0.39, 0.29) is 24.2 Å². The second-order valence-corrected chi connectivity index (χ2v) is 6.75. The lowest BCUT2D eigenvalue weighted by atomic mass is 10.0. The highest BCUT2D eigenvalue weighted by molar-refractivity contribution is 5.78. The Morgan fingerprint density at radius 3 is 2.66 bits per heavy atom. The number of para-hydroxylation sites is 2. The van der Waals surface area contributed by atoms with E-state index in [1.54, 1.807) is 24.1 Å². The molecule has 0 spiro atoms. The fourth-order valence-electron chi connectivity index (χ4n) is 3.16. The molecule has 0 saturated carbocycles. The zero-order valence-corrected chi connectivity index (χ0v) is 15.9. The van der Waals surface area contributed by atoms with Gasteiger partial charge in [0, 0.05) is 25.1 Å². The van der Waals surface area contributed by atoms with Gasteiger partial charge in [0.1, 0.15) is 5.75 Å². The molecule has 1 amide bonds. The maximum atomic E-state index is 13.5. The van der Waals surface area contributed by atoms with Crippen molar-refractivity contribution in [3.05, 3.63) is 71.6 Å². The molecule has 2 heterocycles. The number of likely N-dealkylation sites (tertiary alicyclic amines) is 1. The Morgan fingerprint density at radius 2 is 1.90 bits per heavy atom. The van der Waals surface area contributed by atoms with E-state index in [0.29, 0.717) is 31.2 Å². The molecule has 29 heavy (non-hydrogen) atoms. The smallest absolute Gasteiger partial charge is 0.260 e. The van der Waals surface area contributed by atoms with Gasteiger partial charge >= 0.3 is 0 Å². The van der Waals surface area contributed by atoms with Crippen molar-refractivity contribution < 1.29 is 23.2 Å². The average molecular weight is 397 g/mol. The predicted octanol–water partition coefficient (Wildman–Crippen LogP) is 2.81. The van der Waals surface area contributed by atoms with Gasteiger partial charge in [0.15, 0.2) is 24.0 Å². The van der Waals surface area contributed by atoms with Gasteiger partial charge in [-0.15, -0.1) is 0 Å². The van der Waals surface area contributed by atoms with Gasteiger partial charge in [-0.3, -0.25) is 4.79 Å². The first-order chi connectivity index (χ1) is 14.1. The summed E-state index contributed by atoms with van der Waals surface area (Å²) < 4.78 is 29.5. The number of aromatic nitrogens is 2. The lowest BCUT2D eigenvalue weighted by Crippen LogP contribution is -2.50. The van der Waals surface area contributed by atoms with E-state index in [0.717, 1.165) is 11.3 Å². The number of nitrogens with zero attached hydrogens (tertiary/aromatic N) is 3. The van der Waals surface area contributed by atoms with Crippen LogP contribution in [0.4, 0.5) is 4.39 Å². The van der Waals surface area contributed by atoms with Gasteiger partial charge < -0.3 is 18.9 Å². The summed E-state index contributed by atoms with van der Waals surface area (Å²) in [7, 11) is 1.62. The topological polar surface area (TPSA) is 77.7 Å². The highest BCUT2D eigenvalue weighted by Crippen LogP contribution is 2.27. The molecule has 1 aliphatic rings. The summed E-state index contributed by atoms with van der Waals surface area (Å²) in [6.07, 6.45) is 0.499. The molecule has 0 bridgehead atoms. The molecule has 1 aromatic heterocycles. The number of rotatable bonds is 7. The molecule has 7 nitrogen and oxygen atoms in total. The largest absolute Gasteiger partial charge is 0.496 e. The molecule has 1 saturated heterocycles. The van der Waals surface area contributed by atoms with Crippen molar-refractivity contribution in [2.45, 2.75) is 12.3 Å². The number of carbonyl (C=O) groups is 1. The fraction of sp³-hybridized carbons (Fsp3) is 0.286. The molecule has 1 fully saturated rings. The minimum absolute atomic E-state index is 0.00803. The van der Waals surface area contributed by atoms with Gasteiger partial charge in [0.25, 0.3) is 5.91 Å². The van der Waals surface area contributed by atoms with Crippen LogP contribution in [0.5, 0.6) is 11.5 Å². The standard InChI is InChI=1S/C21H20FN3O4/c1-27-17-8-4-2-6-14(17)10-19-23-21(29-24-19)15-11-25(12-15)20(26)13-28-18-9-5-3-7-16(18)22/h2-9,15H,10-13H2,1H3. The first kappa shape index (κ1) is 18.9. The number of hydrogen-bond donors (Lipinski definition) is 0. The van der Waals surface area contributed by atoms with E-state index in [9.17, 15) is 9.18 Å². The predicted molar refractivity (Wildman–Crippen MR) is 101 cm³/mol. The molecule has 150 valence electrons. The van der Waals surface area contributed by atoms with Crippen LogP contribution < -0.4 is 9.47 Å². The zero-order valence-electron chi connectivity index (χ0n) is 15.9. The summed E-state index contributed by atoms with van der Waals surface area (Å²) in [5, 5.41) is 4.03. The van der Waals surface area contributed by atoms with E-state index in [1.165, 1.54) is 12.1 Å². The second-order valence-electron chi connectivity index (χ2n) is 6.75. The Morgan fingerprint density at radius 1 is 1.17 bits per heavy atom. The van der Waals surface area contributed by atoms with Crippen molar-refractivity contribution >= 4 is 5.91 Å². The monoisotopic (exact) mass is 397 g/mol. The second kappa shape index (κ2) is 8.30. The van der Waals surface area contributed by atoms with Crippen LogP contribution in [-0.4, -0.2) is 47.8 Å². The molecule has 8 heteroatoms. The van der Waals surface area contributed by atoms with Gasteiger partial charge in [0.05, 0.1) is 13.0 Å². The third kappa shape index (κ3) is 4.21. The Hall–Kier alpha value is -3.42. The molecule has 0 unspecified atom stereocenters. The van der Waals surface area contributed by atoms with Gasteiger partial charge in [-0.2, -0.15) is 4.98 Å². The molecular formula is C21H20FN3O4. The minimum Gasteiger partial charge on any atom is -0.496 e. The molecule has 0 aliphatic carbocycles. The molecule has 3 aromatic rings. The lowest BCUT2D eigenvalue weighted by molar-refractivity contribution is -0.138. The summed E-state index contributed by atoms with van der Waals surface area (Å²) in [6.45, 7) is 0.724. The van der Waals surface area contributed by atoms with E-state index < -0.39 is 5.82 Å². The van der Waals surface area contributed by atoms with Crippen LogP contribution in [0.25, 0.3) is 0 Å². The van der Waals surface area contributed by atoms with Crippen LogP contribution in [0.2, 0.25) is 0 Å². The Kier molecular flexibility index (Phi) is 5.41. The van der Waals surface area contributed by atoms with E-state index >= 15 is 0 Å². The lowest BCUT2D eigenvalue weighted by Gasteiger charge is -2.36. The van der Waals surface area contributed by atoms with Crippen LogP contribution in [0, 0.1) is 5.82 Å². The molecule has 0 N–H and O–H groups in total. The quantitative estimate of drug-likeness (QED) is 0.610. The van der Waals surface area contributed by atoms with Crippen molar-refractivity contribution in [1.82, 2.24) is 15.0 Å². The number of hydrogen-bond acceptors (Lipinski definition) is 6. The Labute approximate surface area is 167 Å². The normalized spacial score (nSPS) is 13.8. The minimum atomic E-state index is -0.491. The molecular weight excluding hydrogens is 377 g/mol. The van der Waals surface area contributed by atoms with Crippen molar-refractivity contribution in [2.75, 3.05) is 26.8 Å². The number of ether oxygens (including phenoxy) is 2. The van der Waals surface area contributed by atoms with E-state index in [4.69, 9.17) is 14.0 Å². The first-order valence-electron chi connectivity index (χ1n) is 9.23. The third-order valence-electron chi connectivity index (χ3n) is 4.80. The highest BCUT2D eigenvalue weighted by Gasteiger charge is 2.35. The van der Waals surface area contributed by atoms with Gasteiger partial charge in [0.2, 0.25) is 5.89 Å². The van der Waals surface area contributed by atoms with Gasteiger partial charge in [-0.25, -0.2) is 4.39 Å². The molecule has 2 aromatic carbocycles. The average Bonchev–Trinajstić information content (AvgIpc) is 3.14. The number of halogens is 1. The Bertz CT molecular complexity index is 1000. The summed E-state index contributed by atoms with van der Waals surface area (Å²) in [5.41, 5.74) is 0.970. The summed E-state index contributed by atoms with van der Waals surface area (Å²) in [5.74, 6) is 1.20. The Balaban J connectivity index is 1.29. The number of amides is 1. The van der Waals surface area contributed by atoms with Crippen LogP contribution in [-0.2, 0) is 11.2 Å². The number of carbonyl (C=O) groups excluding carboxylic acids is 1. The SMILES string of the molecule is COc1ccccc1Cc1noc(C2CN(C(=O)COc3ccccc3F)C2)n1. The molecule has 0 atom stereocenters. The number of methoxy groups -OCH3 is 1. The van der Waals surface area contributed by atoms with Crippen molar-refractivity contribution in [1.29, 1.82) is 0 Å². The van der Waals surface area contributed by atoms with Crippen LogP contribution in [0.1, 0.15) is 23.2 Å². The summed E-state index contributed by atoms with van der Waals surface area (Å²) in [6, 6.07) is 13.7. The maximum absolute atomic E-state index is 13.5. The molecule has 4 rings (SSSR count). The fourth-order valence-corrected chi connectivity index (χ4v) is 3.16. The summed E-state index contributed by atoms with van der Waals surface area (Å²) in [4.78, 5) is 18.3. The highest BCUT2D eigenvalue weighted by atomic mass is 19.1. The van der Waals surface area contributed by atoms with E-state index in [2.05, 4.69) is 10.1 Å². The van der Waals surface area contributed by atoms with E-state index in [1.807, 2.05) is 24.3 Å². The van der Waals surface area contributed by atoms with Gasteiger partial charge in [-0.05, 0) is 18.2 Å². The maximum Gasteiger partial charge on any atom is 0.260 e. The van der Waals surface area contributed by atoms with Crippen LogP contribution in [0.15, 0.2) is 53.1 Å². The first-order valence-corrected chi connectivity index (χ1v) is 9.23. The van der Waals surface area contributed by atoms with Crippen molar-refractivity contribution in [2.24, 2.45) is 0 Å². The summed E-state index contributed by atoms with van der Waals surface area (Å²) >= 11 is 0. The zero-order chi connectivity index (χ0) is 20.2. The van der Waals surface area contributed by atoms with Crippen molar-refractivity contribution in [3.63, 3.8) is 0 Å². The molecule has 0 radical (unpaired) electrons. The third-order valence-corrected chi connectivity index (χ3v) is 4.80. The molecule has 1 aliphatic heterocycles. The number of benzene rings is 2. The van der Waals surface area contributed by atoms with Crippen LogP contribution in [0.3, 0.4) is 0 Å². The van der Waals surface area contributed by atoms with Crippen LogP contribution >= 0.6 is 0 Å². The van der Waals surface area contributed by atoms with Gasteiger partial charge in [-0.1, -0.05) is 35.5 Å².